The van der Waals surface area contributed by atoms with Crippen molar-refractivity contribution < 1.29 is 9.18 Å². The molecule has 3 rings (SSSR count). The molecule has 0 fully saturated rings. The summed E-state index contributed by atoms with van der Waals surface area (Å²) in [6, 6.07) is 6.59. The molecular formula is C18H19BrFN5O. The van der Waals surface area contributed by atoms with Crippen LogP contribution in [-0.2, 0) is 13.1 Å². The maximum absolute atomic E-state index is 13.9. The molecule has 0 saturated carbocycles. The Morgan fingerprint density at radius 1 is 1.27 bits per heavy atom. The van der Waals surface area contributed by atoms with E-state index in [9.17, 15) is 9.18 Å². The average molecular weight is 420 g/mol. The van der Waals surface area contributed by atoms with Crippen molar-refractivity contribution >= 4 is 27.5 Å². The molecule has 6 nitrogen and oxygen atoms in total. The number of aromatic nitrogens is 4. The molecule has 0 unspecified atom stereocenters. The van der Waals surface area contributed by atoms with E-state index in [2.05, 4.69) is 31.4 Å². The van der Waals surface area contributed by atoms with E-state index in [4.69, 9.17) is 0 Å². The predicted octanol–water partition coefficient (Wildman–Crippen LogP) is 3.92. The highest BCUT2D eigenvalue weighted by atomic mass is 79.9. The number of nitrogens with one attached hydrogen (secondary N) is 1. The molecule has 2 aromatic heterocycles. The standard InChI is InChI=1S/C18H19BrFN5O/c1-4-24-17(14(19)9-21-24)18(26)22-16-11(2)23-25(12(16)3)10-13-7-5-6-8-15(13)20/h5-9H,4,10H2,1-3H3,(H,22,26). The first-order valence-electron chi connectivity index (χ1n) is 8.22. The number of carbonyl (C=O) groups excluding carboxylic acids is 1. The van der Waals surface area contributed by atoms with Gasteiger partial charge in [0.2, 0.25) is 0 Å². The molecule has 0 bridgehead atoms. The SMILES string of the molecule is CCn1ncc(Br)c1C(=O)Nc1c(C)nn(Cc2ccccc2F)c1C. The molecule has 26 heavy (non-hydrogen) atoms. The first-order chi connectivity index (χ1) is 12.4. The summed E-state index contributed by atoms with van der Waals surface area (Å²) in [7, 11) is 0. The quantitative estimate of drug-likeness (QED) is 0.681. The van der Waals surface area contributed by atoms with Crippen LogP contribution < -0.4 is 5.32 Å². The van der Waals surface area contributed by atoms with Crippen LogP contribution in [0.15, 0.2) is 34.9 Å². The Balaban J connectivity index is 1.88. The second kappa shape index (κ2) is 7.41. The number of hydrogen-bond donors (Lipinski definition) is 1. The maximum atomic E-state index is 13.9. The Bertz CT molecular complexity index is 963. The maximum Gasteiger partial charge on any atom is 0.275 e. The van der Waals surface area contributed by atoms with Crippen molar-refractivity contribution in [1.29, 1.82) is 0 Å². The first kappa shape index (κ1) is 18.3. The molecule has 136 valence electrons. The lowest BCUT2D eigenvalue weighted by Gasteiger charge is -2.09. The van der Waals surface area contributed by atoms with Gasteiger partial charge in [0.15, 0.2) is 0 Å². The van der Waals surface area contributed by atoms with E-state index in [0.717, 1.165) is 5.69 Å². The Labute approximate surface area is 159 Å². The van der Waals surface area contributed by atoms with E-state index < -0.39 is 0 Å². The van der Waals surface area contributed by atoms with Gasteiger partial charge in [-0.2, -0.15) is 10.2 Å². The van der Waals surface area contributed by atoms with E-state index in [1.165, 1.54) is 6.07 Å². The number of nitrogens with zero attached hydrogens (tertiary/aromatic N) is 4. The van der Waals surface area contributed by atoms with Crippen LogP contribution in [0.1, 0.15) is 34.4 Å². The summed E-state index contributed by atoms with van der Waals surface area (Å²) in [6.07, 6.45) is 1.60. The van der Waals surface area contributed by atoms with Crippen molar-refractivity contribution in [2.75, 3.05) is 5.32 Å². The van der Waals surface area contributed by atoms with E-state index in [-0.39, 0.29) is 11.7 Å². The lowest BCUT2D eigenvalue weighted by atomic mass is 10.2. The van der Waals surface area contributed by atoms with Gasteiger partial charge in [0, 0.05) is 12.1 Å². The second-order valence-electron chi connectivity index (χ2n) is 5.91. The van der Waals surface area contributed by atoms with Crippen molar-refractivity contribution in [3.63, 3.8) is 0 Å². The van der Waals surface area contributed by atoms with Gasteiger partial charge in [0.1, 0.15) is 11.5 Å². The Morgan fingerprint density at radius 3 is 2.69 bits per heavy atom. The molecule has 0 saturated heterocycles. The third-order valence-electron chi connectivity index (χ3n) is 4.21. The molecule has 1 N–H and O–H groups in total. The third kappa shape index (κ3) is 3.41. The van der Waals surface area contributed by atoms with Gasteiger partial charge in [-0.15, -0.1) is 0 Å². The fourth-order valence-corrected chi connectivity index (χ4v) is 3.30. The summed E-state index contributed by atoms with van der Waals surface area (Å²) in [4.78, 5) is 12.7. The lowest BCUT2D eigenvalue weighted by molar-refractivity contribution is 0.101. The fraction of sp³-hybridized carbons (Fsp3) is 0.278. The van der Waals surface area contributed by atoms with Crippen molar-refractivity contribution in [2.45, 2.75) is 33.9 Å². The van der Waals surface area contributed by atoms with Gasteiger partial charge in [0.05, 0.1) is 34.3 Å². The summed E-state index contributed by atoms with van der Waals surface area (Å²) >= 11 is 3.36. The van der Waals surface area contributed by atoms with Gasteiger partial charge in [-0.1, -0.05) is 18.2 Å². The molecule has 0 aliphatic heterocycles. The summed E-state index contributed by atoms with van der Waals surface area (Å²) in [6.45, 7) is 6.46. The van der Waals surface area contributed by atoms with Crippen LogP contribution in [0.3, 0.4) is 0 Å². The molecular weight excluding hydrogens is 401 g/mol. The van der Waals surface area contributed by atoms with Crippen LogP contribution in [0.4, 0.5) is 10.1 Å². The molecule has 0 atom stereocenters. The van der Waals surface area contributed by atoms with Gasteiger partial charge >= 0.3 is 0 Å². The van der Waals surface area contributed by atoms with E-state index in [1.807, 2.05) is 20.8 Å². The second-order valence-corrected chi connectivity index (χ2v) is 6.76. The molecule has 2 heterocycles. The summed E-state index contributed by atoms with van der Waals surface area (Å²) in [5.74, 6) is -0.547. The van der Waals surface area contributed by atoms with Gasteiger partial charge in [-0.3, -0.25) is 14.2 Å². The molecule has 8 heteroatoms. The topological polar surface area (TPSA) is 64.7 Å². The largest absolute Gasteiger partial charge is 0.317 e. The van der Waals surface area contributed by atoms with Crippen LogP contribution in [0.5, 0.6) is 0 Å². The minimum atomic E-state index is -0.276. The van der Waals surface area contributed by atoms with Crippen LogP contribution in [0.2, 0.25) is 0 Å². The Kier molecular flexibility index (Phi) is 5.22. The van der Waals surface area contributed by atoms with Crippen molar-refractivity contribution in [3.05, 3.63) is 63.4 Å². The van der Waals surface area contributed by atoms with Crippen molar-refractivity contribution in [3.8, 4) is 0 Å². The van der Waals surface area contributed by atoms with Crippen molar-refractivity contribution in [2.24, 2.45) is 0 Å². The summed E-state index contributed by atoms with van der Waals surface area (Å²) < 4.78 is 17.9. The number of halogens is 2. The molecule has 0 aliphatic rings. The van der Waals surface area contributed by atoms with Gasteiger partial charge in [-0.05, 0) is 42.8 Å². The molecule has 1 amide bonds. The smallest absolute Gasteiger partial charge is 0.275 e. The predicted molar refractivity (Wildman–Crippen MR) is 101 cm³/mol. The normalized spacial score (nSPS) is 11.0. The molecule has 0 radical (unpaired) electrons. The Hall–Kier alpha value is -2.48. The fourth-order valence-electron chi connectivity index (χ4n) is 2.82. The number of rotatable bonds is 5. The molecule has 0 spiro atoms. The number of amides is 1. The number of anilines is 1. The average Bonchev–Trinajstić information content (AvgIpc) is 3.11. The number of hydrogen-bond acceptors (Lipinski definition) is 3. The van der Waals surface area contributed by atoms with Crippen LogP contribution >= 0.6 is 15.9 Å². The first-order valence-corrected chi connectivity index (χ1v) is 9.01. The van der Waals surface area contributed by atoms with Crippen LogP contribution in [0.25, 0.3) is 0 Å². The van der Waals surface area contributed by atoms with Gasteiger partial charge in [-0.25, -0.2) is 4.39 Å². The minimum Gasteiger partial charge on any atom is -0.317 e. The highest BCUT2D eigenvalue weighted by Crippen LogP contribution is 2.23. The van der Waals surface area contributed by atoms with Gasteiger partial charge in [0.25, 0.3) is 5.91 Å². The third-order valence-corrected chi connectivity index (χ3v) is 4.79. The number of aryl methyl sites for hydroxylation is 2. The highest BCUT2D eigenvalue weighted by molar-refractivity contribution is 9.10. The summed E-state index contributed by atoms with van der Waals surface area (Å²) in [5, 5.41) is 11.5. The highest BCUT2D eigenvalue weighted by Gasteiger charge is 2.20. The Morgan fingerprint density at radius 2 is 2.00 bits per heavy atom. The number of benzene rings is 1. The summed E-state index contributed by atoms with van der Waals surface area (Å²) in [5.41, 5.74) is 3.06. The zero-order chi connectivity index (χ0) is 18.8. The minimum absolute atomic E-state index is 0.270. The molecule has 1 aromatic carbocycles. The van der Waals surface area contributed by atoms with E-state index in [0.29, 0.717) is 40.2 Å². The van der Waals surface area contributed by atoms with Crippen molar-refractivity contribution in [1.82, 2.24) is 19.6 Å². The number of carbonyl (C=O) groups is 1. The van der Waals surface area contributed by atoms with Crippen LogP contribution in [-0.4, -0.2) is 25.5 Å². The molecule has 3 aromatic rings. The zero-order valence-corrected chi connectivity index (χ0v) is 16.3. The monoisotopic (exact) mass is 419 g/mol. The van der Waals surface area contributed by atoms with Gasteiger partial charge < -0.3 is 5.32 Å². The van der Waals surface area contributed by atoms with E-state index in [1.54, 1.807) is 33.8 Å². The van der Waals surface area contributed by atoms with E-state index >= 15 is 0 Å². The lowest BCUT2D eigenvalue weighted by Crippen LogP contribution is -2.18. The van der Waals surface area contributed by atoms with Crippen LogP contribution in [0, 0.1) is 19.7 Å². The molecule has 0 aliphatic carbocycles. The zero-order valence-electron chi connectivity index (χ0n) is 14.8.